The van der Waals surface area contributed by atoms with E-state index in [2.05, 4.69) is 12.2 Å². The Kier molecular flexibility index (Phi) is 6.08. The molecule has 1 unspecified atom stereocenters. The maximum absolute atomic E-state index is 10.7. The highest BCUT2D eigenvalue weighted by atomic mass is 35.5. The highest BCUT2D eigenvalue weighted by Crippen LogP contribution is 2.23. The number of halogens is 1. The van der Waals surface area contributed by atoms with E-state index in [0.717, 1.165) is 13.1 Å². The summed E-state index contributed by atoms with van der Waals surface area (Å²) < 4.78 is 0. The van der Waals surface area contributed by atoms with Gasteiger partial charge < -0.3 is 11.1 Å². The zero-order chi connectivity index (χ0) is 8.97. The SMILES string of the molecule is CC(CC(N)=O)C1CCNCC1.Cl. The fourth-order valence-corrected chi connectivity index (χ4v) is 1.90. The van der Waals surface area contributed by atoms with Gasteiger partial charge in [0.05, 0.1) is 0 Å². The quantitative estimate of drug-likeness (QED) is 0.722. The number of hydrogen-bond acceptors (Lipinski definition) is 2. The molecule has 0 saturated carbocycles. The topological polar surface area (TPSA) is 55.1 Å². The Morgan fingerprint density at radius 3 is 2.54 bits per heavy atom. The van der Waals surface area contributed by atoms with Crippen molar-refractivity contribution in [3.05, 3.63) is 0 Å². The van der Waals surface area contributed by atoms with Gasteiger partial charge in [-0.1, -0.05) is 6.92 Å². The van der Waals surface area contributed by atoms with Gasteiger partial charge in [0, 0.05) is 6.42 Å². The maximum Gasteiger partial charge on any atom is 0.217 e. The van der Waals surface area contributed by atoms with E-state index in [1.807, 2.05) is 0 Å². The Morgan fingerprint density at radius 1 is 1.54 bits per heavy atom. The number of amides is 1. The molecule has 1 aliphatic heterocycles. The molecule has 4 heteroatoms. The van der Waals surface area contributed by atoms with Crippen LogP contribution < -0.4 is 11.1 Å². The third kappa shape index (κ3) is 4.48. The molecule has 3 N–H and O–H groups in total. The van der Waals surface area contributed by atoms with Gasteiger partial charge in [0.15, 0.2) is 0 Å². The van der Waals surface area contributed by atoms with E-state index in [1.54, 1.807) is 0 Å². The summed E-state index contributed by atoms with van der Waals surface area (Å²) in [7, 11) is 0. The van der Waals surface area contributed by atoms with E-state index in [4.69, 9.17) is 5.73 Å². The van der Waals surface area contributed by atoms with Crippen LogP contribution in [-0.2, 0) is 4.79 Å². The number of piperidine rings is 1. The number of rotatable bonds is 3. The molecule has 0 bridgehead atoms. The molecule has 0 aromatic rings. The van der Waals surface area contributed by atoms with Crippen LogP contribution in [0.15, 0.2) is 0 Å². The van der Waals surface area contributed by atoms with Gasteiger partial charge in [0.1, 0.15) is 0 Å². The Hall–Kier alpha value is -0.280. The van der Waals surface area contributed by atoms with Gasteiger partial charge in [-0.05, 0) is 37.8 Å². The molecular weight excluding hydrogens is 188 g/mol. The highest BCUT2D eigenvalue weighted by Gasteiger charge is 2.20. The normalized spacial score (nSPS) is 20.4. The Labute approximate surface area is 85.9 Å². The van der Waals surface area contributed by atoms with Crippen molar-refractivity contribution in [2.24, 2.45) is 17.6 Å². The van der Waals surface area contributed by atoms with Crippen molar-refractivity contribution in [3.8, 4) is 0 Å². The van der Waals surface area contributed by atoms with Crippen molar-refractivity contribution < 1.29 is 4.79 Å². The van der Waals surface area contributed by atoms with E-state index in [1.165, 1.54) is 12.8 Å². The molecule has 13 heavy (non-hydrogen) atoms. The molecule has 0 spiro atoms. The molecule has 1 aliphatic rings. The minimum atomic E-state index is -0.166. The number of nitrogens with two attached hydrogens (primary N) is 1. The fourth-order valence-electron chi connectivity index (χ4n) is 1.90. The van der Waals surface area contributed by atoms with Crippen LogP contribution in [0, 0.1) is 11.8 Å². The number of carbonyl (C=O) groups is 1. The van der Waals surface area contributed by atoms with Gasteiger partial charge >= 0.3 is 0 Å². The van der Waals surface area contributed by atoms with Gasteiger partial charge in [0.25, 0.3) is 0 Å². The zero-order valence-electron chi connectivity index (χ0n) is 8.08. The highest BCUT2D eigenvalue weighted by molar-refractivity contribution is 5.85. The smallest absolute Gasteiger partial charge is 0.217 e. The lowest BCUT2D eigenvalue weighted by atomic mass is 9.84. The molecule has 1 atom stereocenters. The molecule has 0 aliphatic carbocycles. The second kappa shape index (κ2) is 6.22. The van der Waals surface area contributed by atoms with Crippen LogP contribution in [0.5, 0.6) is 0 Å². The summed E-state index contributed by atoms with van der Waals surface area (Å²) in [6, 6.07) is 0. The maximum atomic E-state index is 10.7. The molecule has 1 fully saturated rings. The van der Waals surface area contributed by atoms with Crippen LogP contribution in [0.1, 0.15) is 26.2 Å². The predicted octanol–water partition coefficient (Wildman–Crippen LogP) is 0.919. The molecule has 1 saturated heterocycles. The third-order valence-electron chi connectivity index (χ3n) is 2.71. The first kappa shape index (κ1) is 12.7. The van der Waals surface area contributed by atoms with E-state index in [-0.39, 0.29) is 18.3 Å². The molecular formula is C9H19ClN2O. The Balaban J connectivity index is 0.00000144. The lowest BCUT2D eigenvalue weighted by Crippen LogP contribution is -2.32. The van der Waals surface area contributed by atoms with Gasteiger partial charge in [-0.3, -0.25) is 4.79 Å². The molecule has 1 heterocycles. The fraction of sp³-hybridized carbons (Fsp3) is 0.889. The average Bonchev–Trinajstić information content (AvgIpc) is 2.05. The number of hydrogen-bond donors (Lipinski definition) is 2. The molecule has 1 rings (SSSR count). The van der Waals surface area contributed by atoms with Gasteiger partial charge in [-0.25, -0.2) is 0 Å². The average molecular weight is 207 g/mol. The molecule has 0 aromatic carbocycles. The summed E-state index contributed by atoms with van der Waals surface area (Å²) in [6.45, 7) is 4.31. The first-order valence-corrected chi connectivity index (χ1v) is 4.69. The standard InChI is InChI=1S/C9H18N2O.ClH/c1-7(6-9(10)12)8-2-4-11-5-3-8;/h7-8,11H,2-6H2,1H3,(H2,10,12);1H. The Bertz CT molecular complexity index is 158. The first-order valence-electron chi connectivity index (χ1n) is 4.69. The lowest BCUT2D eigenvalue weighted by molar-refractivity contribution is -0.119. The summed E-state index contributed by atoms with van der Waals surface area (Å²) in [5.41, 5.74) is 5.15. The molecule has 0 radical (unpaired) electrons. The van der Waals surface area contributed by atoms with E-state index in [0.29, 0.717) is 18.3 Å². The number of nitrogens with one attached hydrogen (secondary N) is 1. The molecule has 3 nitrogen and oxygen atoms in total. The Morgan fingerprint density at radius 2 is 2.08 bits per heavy atom. The zero-order valence-corrected chi connectivity index (χ0v) is 8.90. The van der Waals surface area contributed by atoms with Crippen LogP contribution in [0.25, 0.3) is 0 Å². The van der Waals surface area contributed by atoms with Crippen molar-refractivity contribution in [2.75, 3.05) is 13.1 Å². The van der Waals surface area contributed by atoms with Crippen molar-refractivity contribution in [1.82, 2.24) is 5.32 Å². The number of primary amides is 1. The van der Waals surface area contributed by atoms with Crippen LogP contribution >= 0.6 is 12.4 Å². The summed E-state index contributed by atoms with van der Waals surface area (Å²) >= 11 is 0. The van der Waals surface area contributed by atoms with Crippen molar-refractivity contribution in [1.29, 1.82) is 0 Å². The van der Waals surface area contributed by atoms with Gasteiger partial charge in [-0.15, -0.1) is 12.4 Å². The van der Waals surface area contributed by atoms with Crippen molar-refractivity contribution in [2.45, 2.75) is 26.2 Å². The summed E-state index contributed by atoms with van der Waals surface area (Å²) in [5.74, 6) is 0.990. The van der Waals surface area contributed by atoms with Crippen LogP contribution in [0.4, 0.5) is 0 Å². The van der Waals surface area contributed by atoms with Gasteiger partial charge in [-0.2, -0.15) is 0 Å². The largest absolute Gasteiger partial charge is 0.370 e. The first-order chi connectivity index (χ1) is 5.70. The van der Waals surface area contributed by atoms with E-state index < -0.39 is 0 Å². The molecule has 1 amide bonds. The second-order valence-corrected chi connectivity index (χ2v) is 3.74. The van der Waals surface area contributed by atoms with Crippen molar-refractivity contribution in [3.63, 3.8) is 0 Å². The van der Waals surface area contributed by atoms with Crippen LogP contribution in [-0.4, -0.2) is 19.0 Å². The monoisotopic (exact) mass is 206 g/mol. The summed E-state index contributed by atoms with van der Waals surface area (Å²) in [4.78, 5) is 10.7. The van der Waals surface area contributed by atoms with E-state index in [9.17, 15) is 4.79 Å². The van der Waals surface area contributed by atoms with Gasteiger partial charge in [0.2, 0.25) is 5.91 Å². The predicted molar refractivity (Wildman–Crippen MR) is 55.8 cm³/mol. The lowest BCUT2D eigenvalue weighted by Gasteiger charge is -2.27. The van der Waals surface area contributed by atoms with Crippen LogP contribution in [0.2, 0.25) is 0 Å². The number of carbonyl (C=O) groups excluding carboxylic acids is 1. The third-order valence-corrected chi connectivity index (χ3v) is 2.71. The molecule has 0 aromatic heterocycles. The minimum absolute atomic E-state index is 0. The summed E-state index contributed by atoms with van der Waals surface area (Å²) in [5, 5.41) is 3.31. The second-order valence-electron chi connectivity index (χ2n) is 3.74. The van der Waals surface area contributed by atoms with E-state index >= 15 is 0 Å². The van der Waals surface area contributed by atoms with Crippen LogP contribution in [0.3, 0.4) is 0 Å². The minimum Gasteiger partial charge on any atom is -0.370 e. The van der Waals surface area contributed by atoms with Crippen molar-refractivity contribution >= 4 is 18.3 Å². The molecule has 78 valence electrons. The summed E-state index contributed by atoms with van der Waals surface area (Å²) in [6.07, 6.45) is 2.92.